The number of hydrogen-bond acceptors (Lipinski definition) is 5. The standard InChI is InChI=1S/C13H21N3OS2/c1-2-11(17)15-13-14-10-12(19-13)18-9-8-16-6-4-3-5-7-16/h10H,2-9H2,1H3,(H,14,15,17). The number of rotatable bonds is 6. The largest absolute Gasteiger partial charge is 0.303 e. The fourth-order valence-electron chi connectivity index (χ4n) is 2.05. The van der Waals surface area contributed by atoms with E-state index < -0.39 is 0 Å². The van der Waals surface area contributed by atoms with E-state index in [0.717, 1.165) is 12.3 Å². The molecule has 0 aliphatic carbocycles. The van der Waals surface area contributed by atoms with Gasteiger partial charge in [0.1, 0.15) is 0 Å². The summed E-state index contributed by atoms with van der Waals surface area (Å²) < 4.78 is 1.18. The van der Waals surface area contributed by atoms with Crippen LogP contribution in [-0.2, 0) is 4.79 Å². The van der Waals surface area contributed by atoms with Gasteiger partial charge in [0.15, 0.2) is 5.13 Å². The van der Waals surface area contributed by atoms with E-state index in [-0.39, 0.29) is 5.91 Å². The lowest BCUT2D eigenvalue weighted by atomic mass is 10.1. The van der Waals surface area contributed by atoms with Crippen molar-refractivity contribution in [1.29, 1.82) is 0 Å². The second-order valence-corrected chi connectivity index (χ2v) is 7.06. The molecule has 0 atom stereocenters. The molecule has 4 nitrogen and oxygen atoms in total. The number of thiazole rings is 1. The van der Waals surface area contributed by atoms with Crippen molar-refractivity contribution in [3.63, 3.8) is 0 Å². The second kappa shape index (κ2) is 7.87. The average molecular weight is 299 g/mol. The Hall–Kier alpha value is -0.590. The van der Waals surface area contributed by atoms with Crippen LogP contribution < -0.4 is 5.32 Å². The van der Waals surface area contributed by atoms with Gasteiger partial charge in [0.05, 0.1) is 10.4 Å². The number of hydrogen-bond donors (Lipinski definition) is 1. The third-order valence-electron chi connectivity index (χ3n) is 3.15. The van der Waals surface area contributed by atoms with Gasteiger partial charge in [-0.1, -0.05) is 24.7 Å². The molecule has 1 saturated heterocycles. The molecular formula is C13H21N3OS2. The predicted molar refractivity (Wildman–Crippen MR) is 82.0 cm³/mol. The van der Waals surface area contributed by atoms with Crippen molar-refractivity contribution < 1.29 is 4.79 Å². The number of anilines is 1. The first-order valence-corrected chi connectivity index (χ1v) is 8.69. The molecule has 1 aliphatic heterocycles. The van der Waals surface area contributed by atoms with Crippen molar-refractivity contribution in [2.24, 2.45) is 0 Å². The molecule has 1 aromatic rings. The molecule has 0 spiro atoms. The van der Waals surface area contributed by atoms with Crippen LogP contribution in [0.3, 0.4) is 0 Å². The Balaban J connectivity index is 1.69. The van der Waals surface area contributed by atoms with Crippen LogP contribution >= 0.6 is 23.1 Å². The second-order valence-electron chi connectivity index (χ2n) is 4.64. The van der Waals surface area contributed by atoms with Crippen LogP contribution in [0.5, 0.6) is 0 Å². The van der Waals surface area contributed by atoms with Crippen molar-refractivity contribution in [2.75, 3.05) is 30.7 Å². The zero-order valence-corrected chi connectivity index (χ0v) is 13.0. The van der Waals surface area contributed by atoms with Gasteiger partial charge in [0.25, 0.3) is 0 Å². The third kappa shape index (κ3) is 5.12. The maximum absolute atomic E-state index is 11.3. The van der Waals surface area contributed by atoms with E-state index in [2.05, 4.69) is 15.2 Å². The van der Waals surface area contributed by atoms with E-state index >= 15 is 0 Å². The van der Waals surface area contributed by atoms with Crippen molar-refractivity contribution in [3.8, 4) is 0 Å². The summed E-state index contributed by atoms with van der Waals surface area (Å²) in [6.45, 7) is 5.50. The van der Waals surface area contributed by atoms with Crippen LogP contribution in [0.1, 0.15) is 32.6 Å². The van der Waals surface area contributed by atoms with Crippen molar-refractivity contribution in [3.05, 3.63) is 6.20 Å². The van der Waals surface area contributed by atoms with Crippen LogP contribution in [0, 0.1) is 0 Å². The van der Waals surface area contributed by atoms with E-state index in [1.807, 2.05) is 24.9 Å². The fourth-order valence-corrected chi connectivity index (χ4v) is 4.02. The predicted octanol–water partition coefficient (Wildman–Crippen LogP) is 3.07. The van der Waals surface area contributed by atoms with E-state index in [1.165, 1.54) is 36.6 Å². The quantitative estimate of drug-likeness (QED) is 0.820. The van der Waals surface area contributed by atoms with E-state index in [9.17, 15) is 4.79 Å². The van der Waals surface area contributed by atoms with Gasteiger partial charge in [0, 0.05) is 18.7 Å². The number of amides is 1. The summed E-state index contributed by atoms with van der Waals surface area (Å²) >= 11 is 3.40. The minimum absolute atomic E-state index is 0.0271. The lowest BCUT2D eigenvalue weighted by molar-refractivity contribution is -0.115. The number of thioether (sulfide) groups is 1. The molecule has 0 bridgehead atoms. The van der Waals surface area contributed by atoms with Gasteiger partial charge < -0.3 is 10.2 Å². The molecule has 0 unspecified atom stereocenters. The van der Waals surface area contributed by atoms with Gasteiger partial charge >= 0.3 is 0 Å². The van der Waals surface area contributed by atoms with Crippen LogP contribution in [-0.4, -0.2) is 41.2 Å². The first-order chi connectivity index (χ1) is 9.28. The van der Waals surface area contributed by atoms with Gasteiger partial charge in [-0.3, -0.25) is 4.79 Å². The van der Waals surface area contributed by atoms with Crippen LogP contribution in [0.25, 0.3) is 0 Å². The summed E-state index contributed by atoms with van der Waals surface area (Å²) in [4.78, 5) is 18.0. The Morgan fingerprint density at radius 3 is 3.00 bits per heavy atom. The molecule has 1 aromatic heterocycles. The van der Waals surface area contributed by atoms with Crippen LogP contribution in [0.2, 0.25) is 0 Å². The maximum Gasteiger partial charge on any atom is 0.225 e. The number of carbonyl (C=O) groups is 1. The first-order valence-electron chi connectivity index (χ1n) is 6.88. The molecule has 19 heavy (non-hydrogen) atoms. The third-order valence-corrected chi connectivity index (χ3v) is 5.24. The number of nitrogens with zero attached hydrogens (tertiary/aromatic N) is 2. The summed E-state index contributed by atoms with van der Waals surface area (Å²) in [5.74, 6) is 1.13. The number of piperidine rings is 1. The minimum Gasteiger partial charge on any atom is -0.303 e. The minimum atomic E-state index is 0.0271. The molecule has 2 heterocycles. The Morgan fingerprint density at radius 1 is 1.47 bits per heavy atom. The summed E-state index contributed by atoms with van der Waals surface area (Å²) in [5.41, 5.74) is 0. The molecule has 2 rings (SSSR count). The molecule has 1 amide bonds. The Morgan fingerprint density at radius 2 is 2.26 bits per heavy atom. The van der Waals surface area contributed by atoms with E-state index in [1.54, 1.807) is 11.3 Å². The molecule has 106 valence electrons. The van der Waals surface area contributed by atoms with Gasteiger partial charge in [-0.25, -0.2) is 4.98 Å². The molecule has 0 saturated carbocycles. The number of likely N-dealkylation sites (tertiary alicyclic amines) is 1. The zero-order chi connectivity index (χ0) is 13.5. The summed E-state index contributed by atoms with van der Waals surface area (Å²) in [5, 5.41) is 3.51. The summed E-state index contributed by atoms with van der Waals surface area (Å²) in [6, 6.07) is 0. The summed E-state index contributed by atoms with van der Waals surface area (Å²) in [6.07, 6.45) is 6.43. The molecule has 0 aromatic carbocycles. The van der Waals surface area contributed by atoms with E-state index in [4.69, 9.17) is 0 Å². The Kier molecular flexibility index (Phi) is 6.13. The number of carbonyl (C=O) groups excluding carboxylic acids is 1. The van der Waals surface area contributed by atoms with Gasteiger partial charge in [-0.15, -0.1) is 11.8 Å². The smallest absolute Gasteiger partial charge is 0.225 e. The SMILES string of the molecule is CCC(=O)Nc1ncc(SCCN2CCCCC2)s1. The highest BCUT2D eigenvalue weighted by Gasteiger charge is 2.10. The summed E-state index contributed by atoms with van der Waals surface area (Å²) in [7, 11) is 0. The van der Waals surface area contributed by atoms with Crippen LogP contribution in [0.4, 0.5) is 5.13 Å². The average Bonchev–Trinajstić information content (AvgIpc) is 2.87. The van der Waals surface area contributed by atoms with Gasteiger partial charge in [0.2, 0.25) is 5.91 Å². The van der Waals surface area contributed by atoms with Crippen molar-refractivity contribution >= 4 is 34.1 Å². The normalized spacial score (nSPS) is 16.5. The van der Waals surface area contributed by atoms with E-state index in [0.29, 0.717) is 11.6 Å². The zero-order valence-electron chi connectivity index (χ0n) is 11.4. The van der Waals surface area contributed by atoms with Crippen LogP contribution in [0.15, 0.2) is 10.4 Å². The highest BCUT2D eigenvalue weighted by molar-refractivity contribution is 8.01. The maximum atomic E-state index is 11.3. The molecule has 6 heteroatoms. The lowest BCUT2D eigenvalue weighted by Crippen LogP contribution is -2.31. The lowest BCUT2D eigenvalue weighted by Gasteiger charge is -2.25. The monoisotopic (exact) mass is 299 g/mol. The first kappa shape index (κ1) is 14.8. The van der Waals surface area contributed by atoms with Gasteiger partial charge in [-0.2, -0.15) is 0 Å². The number of nitrogens with one attached hydrogen (secondary N) is 1. The van der Waals surface area contributed by atoms with Gasteiger partial charge in [-0.05, 0) is 25.9 Å². The number of aromatic nitrogens is 1. The molecule has 1 N–H and O–H groups in total. The van der Waals surface area contributed by atoms with Crippen molar-refractivity contribution in [1.82, 2.24) is 9.88 Å². The van der Waals surface area contributed by atoms with Crippen molar-refractivity contribution in [2.45, 2.75) is 36.8 Å². The fraction of sp³-hybridized carbons (Fsp3) is 0.692. The topological polar surface area (TPSA) is 45.2 Å². The molecular weight excluding hydrogens is 278 g/mol. The molecule has 1 aliphatic rings. The highest BCUT2D eigenvalue weighted by Crippen LogP contribution is 2.28. The Labute approximate surface area is 123 Å². The highest BCUT2D eigenvalue weighted by atomic mass is 32.2. The molecule has 1 fully saturated rings. The Bertz CT molecular complexity index is 402. The molecule has 0 radical (unpaired) electrons.